The molecule has 0 radical (unpaired) electrons. The minimum Gasteiger partial charge on any atom is -0.444 e. The average Bonchev–Trinajstić information content (AvgIpc) is 2.82. The Balaban J connectivity index is 1.56. The second-order valence-corrected chi connectivity index (χ2v) is 9.76. The van der Waals surface area contributed by atoms with E-state index in [4.69, 9.17) is 16.3 Å². The molecule has 2 heterocycles. The first kappa shape index (κ1) is 26.8. The number of aromatic nitrogens is 2. The first-order valence-corrected chi connectivity index (χ1v) is 12.1. The van der Waals surface area contributed by atoms with Gasteiger partial charge in [-0.3, -0.25) is 15.5 Å². The number of pyridine rings is 2. The summed E-state index contributed by atoms with van der Waals surface area (Å²) in [7, 11) is 0. The summed E-state index contributed by atoms with van der Waals surface area (Å²) in [5, 5.41) is 6.19. The minimum absolute atomic E-state index is 0.287. The Hall–Kier alpha value is -3.83. The number of amides is 4. The molecule has 188 valence electrons. The van der Waals surface area contributed by atoms with Crippen LogP contribution in [0.25, 0.3) is 0 Å². The van der Waals surface area contributed by atoms with Gasteiger partial charge in [-0.25, -0.2) is 25.0 Å². The van der Waals surface area contributed by atoms with Gasteiger partial charge in [-0.15, -0.1) is 11.8 Å². The van der Waals surface area contributed by atoms with Crippen molar-refractivity contribution in [3.63, 3.8) is 0 Å². The molecular weight excluding hydrogens is 504 g/mol. The second kappa shape index (κ2) is 12.2. The summed E-state index contributed by atoms with van der Waals surface area (Å²) in [6, 6.07) is 12.6. The van der Waals surface area contributed by atoms with Crippen molar-refractivity contribution in [2.45, 2.75) is 37.2 Å². The largest absolute Gasteiger partial charge is 0.444 e. The highest BCUT2D eigenvalue weighted by molar-refractivity contribution is 7.98. The van der Waals surface area contributed by atoms with E-state index in [1.54, 1.807) is 81.7 Å². The number of ether oxygens (including phenoxy) is 1. The van der Waals surface area contributed by atoms with Crippen LogP contribution in [-0.2, 0) is 10.5 Å². The lowest BCUT2D eigenvalue weighted by Crippen LogP contribution is -2.44. The van der Waals surface area contributed by atoms with Crippen molar-refractivity contribution < 1.29 is 19.1 Å². The molecule has 0 atom stereocenters. The van der Waals surface area contributed by atoms with Crippen LogP contribution in [0.2, 0.25) is 5.02 Å². The Labute approximate surface area is 217 Å². The SMILES string of the molecule is CC(C)(C)OC(=O)Nc1cc(CSc2ncccc2C(=O)NNC(=O)Nc2ccc(Cl)cc2)ccn1. The molecule has 0 unspecified atom stereocenters. The van der Waals surface area contributed by atoms with Crippen molar-refractivity contribution in [3.05, 3.63) is 77.1 Å². The summed E-state index contributed by atoms with van der Waals surface area (Å²) >= 11 is 7.15. The van der Waals surface area contributed by atoms with Crippen molar-refractivity contribution in [2.24, 2.45) is 0 Å². The molecule has 1 aromatic carbocycles. The molecule has 0 fully saturated rings. The fraction of sp³-hybridized carbons (Fsp3) is 0.208. The molecule has 3 aromatic rings. The van der Waals surface area contributed by atoms with Crippen molar-refractivity contribution in [3.8, 4) is 0 Å². The molecule has 36 heavy (non-hydrogen) atoms. The zero-order valence-electron chi connectivity index (χ0n) is 19.8. The lowest BCUT2D eigenvalue weighted by Gasteiger charge is -2.19. The highest BCUT2D eigenvalue weighted by atomic mass is 35.5. The number of carbonyl (C=O) groups excluding carboxylic acids is 3. The van der Waals surface area contributed by atoms with Gasteiger partial charge in [0.05, 0.1) is 5.56 Å². The van der Waals surface area contributed by atoms with Crippen molar-refractivity contribution in [1.82, 2.24) is 20.8 Å². The highest BCUT2D eigenvalue weighted by Gasteiger charge is 2.17. The topological polar surface area (TPSA) is 134 Å². The van der Waals surface area contributed by atoms with Gasteiger partial charge >= 0.3 is 12.1 Å². The van der Waals surface area contributed by atoms with Crippen LogP contribution in [-0.4, -0.2) is 33.6 Å². The first-order valence-electron chi connectivity index (χ1n) is 10.7. The van der Waals surface area contributed by atoms with Crippen LogP contribution in [0.4, 0.5) is 21.1 Å². The Morgan fingerprint density at radius 3 is 2.44 bits per heavy atom. The predicted octanol–water partition coefficient (Wildman–Crippen LogP) is 5.24. The molecule has 4 amide bonds. The van der Waals surface area contributed by atoms with Crippen molar-refractivity contribution in [1.29, 1.82) is 0 Å². The van der Waals surface area contributed by atoms with Crippen molar-refractivity contribution >= 4 is 52.9 Å². The minimum atomic E-state index is -0.626. The number of carbonyl (C=O) groups is 3. The molecule has 0 aliphatic carbocycles. The van der Waals surface area contributed by atoms with Crippen LogP contribution in [0, 0.1) is 0 Å². The van der Waals surface area contributed by atoms with Crippen LogP contribution in [0.5, 0.6) is 0 Å². The molecule has 12 heteroatoms. The maximum atomic E-state index is 12.7. The second-order valence-electron chi connectivity index (χ2n) is 8.36. The molecule has 10 nitrogen and oxygen atoms in total. The number of halogens is 1. The number of thioether (sulfide) groups is 1. The summed E-state index contributed by atoms with van der Waals surface area (Å²) in [6.45, 7) is 5.32. The Kier molecular flexibility index (Phi) is 9.09. The van der Waals surface area contributed by atoms with Gasteiger partial charge in [0.2, 0.25) is 0 Å². The van der Waals surface area contributed by atoms with E-state index in [0.29, 0.717) is 27.3 Å². The van der Waals surface area contributed by atoms with Gasteiger partial charge in [0.1, 0.15) is 16.4 Å². The summed E-state index contributed by atoms with van der Waals surface area (Å²) in [5.74, 6) is 0.268. The molecule has 4 N–H and O–H groups in total. The third-order valence-corrected chi connectivity index (χ3v) is 5.56. The fourth-order valence-corrected chi connectivity index (χ4v) is 3.81. The third-order valence-electron chi connectivity index (χ3n) is 4.24. The van der Waals surface area contributed by atoms with Crippen LogP contribution in [0.3, 0.4) is 0 Å². The van der Waals surface area contributed by atoms with Gasteiger partial charge in [0.25, 0.3) is 5.91 Å². The lowest BCUT2D eigenvalue weighted by molar-refractivity contribution is 0.0635. The first-order chi connectivity index (χ1) is 17.1. The van der Waals surface area contributed by atoms with Gasteiger partial charge in [0.15, 0.2) is 0 Å². The summed E-state index contributed by atoms with van der Waals surface area (Å²) in [5.41, 5.74) is 5.70. The molecule has 0 spiro atoms. The quantitative estimate of drug-likeness (QED) is 0.254. The van der Waals surface area contributed by atoms with Gasteiger partial charge in [-0.2, -0.15) is 0 Å². The van der Waals surface area contributed by atoms with Crippen LogP contribution in [0.1, 0.15) is 36.7 Å². The number of nitrogens with one attached hydrogen (secondary N) is 4. The van der Waals surface area contributed by atoms with Gasteiger partial charge < -0.3 is 10.1 Å². The van der Waals surface area contributed by atoms with Gasteiger partial charge in [-0.1, -0.05) is 11.6 Å². The average molecular weight is 529 g/mol. The van der Waals surface area contributed by atoms with E-state index < -0.39 is 23.6 Å². The zero-order valence-corrected chi connectivity index (χ0v) is 21.4. The summed E-state index contributed by atoms with van der Waals surface area (Å²) < 4.78 is 5.24. The van der Waals surface area contributed by atoms with Gasteiger partial charge in [0, 0.05) is 28.9 Å². The van der Waals surface area contributed by atoms with Crippen LogP contribution in [0.15, 0.2) is 66.0 Å². The fourth-order valence-electron chi connectivity index (χ4n) is 2.75. The number of hydrazine groups is 1. The van der Waals surface area contributed by atoms with E-state index >= 15 is 0 Å². The maximum Gasteiger partial charge on any atom is 0.413 e. The lowest BCUT2D eigenvalue weighted by atomic mass is 10.2. The summed E-state index contributed by atoms with van der Waals surface area (Å²) in [6.07, 6.45) is 2.54. The smallest absolute Gasteiger partial charge is 0.413 e. The standard InChI is InChI=1S/C24H25ClN6O4S/c1-24(2,3)35-23(34)29-19-13-15(10-12-26-19)14-36-21-18(5-4-11-27-21)20(32)30-31-22(33)28-17-8-6-16(25)7-9-17/h4-13H,14H2,1-3H3,(H,30,32)(H,26,29,34)(H2,28,31,33). The third kappa shape index (κ3) is 8.75. The molecule has 0 aliphatic heterocycles. The molecule has 3 rings (SSSR count). The Morgan fingerprint density at radius 2 is 1.72 bits per heavy atom. The molecule has 0 bridgehead atoms. The van der Waals surface area contributed by atoms with Crippen LogP contribution >= 0.6 is 23.4 Å². The van der Waals surface area contributed by atoms with E-state index in [1.165, 1.54) is 11.8 Å². The monoisotopic (exact) mass is 528 g/mol. The normalized spacial score (nSPS) is 10.8. The van der Waals surface area contributed by atoms with E-state index in [9.17, 15) is 14.4 Å². The molecule has 0 saturated carbocycles. The predicted molar refractivity (Wildman–Crippen MR) is 139 cm³/mol. The highest BCUT2D eigenvalue weighted by Crippen LogP contribution is 2.25. The molecule has 0 aliphatic rings. The van der Waals surface area contributed by atoms with Crippen LogP contribution < -0.4 is 21.5 Å². The zero-order chi connectivity index (χ0) is 26.1. The summed E-state index contributed by atoms with van der Waals surface area (Å²) in [4.78, 5) is 45.2. The number of rotatable bonds is 6. The number of urea groups is 1. The van der Waals surface area contributed by atoms with Gasteiger partial charge in [-0.05, 0) is 74.9 Å². The number of anilines is 2. The van der Waals surface area contributed by atoms with E-state index in [-0.39, 0.29) is 5.56 Å². The van der Waals surface area contributed by atoms with E-state index in [1.807, 2.05) is 0 Å². The number of benzene rings is 1. The number of hydrogen-bond acceptors (Lipinski definition) is 7. The Bertz CT molecular complexity index is 1230. The number of nitrogens with zero attached hydrogens (tertiary/aromatic N) is 2. The molecule has 2 aromatic heterocycles. The molecular formula is C24H25ClN6O4S. The van der Waals surface area contributed by atoms with E-state index in [0.717, 1.165) is 5.56 Å². The molecule has 0 saturated heterocycles. The number of hydrogen-bond donors (Lipinski definition) is 4. The Morgan fingerprint density at radius 1 is 0.972 bits per heavy atom. The van der Waals surface area contributed by atoms with Crippen molar-refractivity contribution in [2.75, 3.05) is 10.6 Å². The van der Waals surface area contributed by atoms with E-state index in [2.05, 4.69) is 31.5 Å². The maximum absolute atomic E-state index is 12.7.